The number of hydrogen-bond donors (Lipinski definition) is 0. The van der Waals surface area contributed by atoms with Gasteiger partial charge in [0.15, 0.2) is 11.6 Å². The molecule has 1 nitrogen and oxygen atoms in total. The highest BCUT2D eigenvalue weighted by molar-refractivity contribution is 5.70. The highest BCUT2D eigenvalue weighted by Gasteiger charge is 2.23. The lowest BCUT2D eigenvalue weighted by molar-refractivity contribution is 0.509. The van der Waals surface area contributed by atoms with Crippen molar-refractivity contribution in [3.05, 3.63) is 59.7 Å². The van der Waals surface area contributed by atoms with Crippen LogP contribution in [-0.4, -0.2) is 6.54 Å². The molecule has 0 saturated heterocycles. The Balaban J connectivity index is 2.10. The minimum atomic E-state index is -0.799. The second kappa shape index (κ2) is 3.84. The van der Waals surface area contributed by atoms with Crippen molar-refractivity contribution in [1.29, 1.82) is 0 Å². The van der Waals surface area contributed by atoms with Crippen LogP contribution in [0.4, 0.5) is 20.2 Å². The van der Waals surface area contributed by atoms with Crippen LogP contribution in [0, 0.1) is 11.6 Å². The van der Waals surface area contributed by atoms with E-state index in [2.05, 4.69) is 0 Å². The summed E-state index contributed by atoms with van der Waals surface area (Å²) in [5, 5.41) is 0. The second-order valence-electron chi connectivity index (χ2n) is 4.10. The first-order chi connectivity index (χ1) is 8.27. The Morgan fingerprint density at radius 1 is 0.882 bits per heavy atom. The molecule has 17 heavy (non-hydrogen) atoms. The number of hydrogen-bond acceptors (Lipinski definition) is 1. The van der Waals surface area contributed by atoms with Gasteiger partial charge in [0.25, 0.3) is 0 Å². The summed E-state index contributed by atoms with van der Waals surface area (Å²) in [5.41, 5.74) is 2.46. The number of anilines is 2. The van der Waals surface area contributed by atoms with Gasteiger partial charge in [0.05, 0.1) is 5.69 Å². The van der Waals surface area contributed by atoms with E-state index in [1.165, 1.54) is 11.6 Å². The van der Waals surface area contributed by atoms with Crippen molar-refractivity contribution in [2.24, 2.45) is 0 Å². The van der Waals surface area contributed by atoms with Crippen LogP contribution in [0.15, 0.2) is 42.5 Å². The molecule has 1 aliphatic rings. The lowest BCUT2D eigenvalue weighted by Crippen LogP contribution is -2.15. The van der Waals surface area contributed by atoms with Gasteiger partial charge in [-0.25, -0.2) is 8.78 Å². The fraction of sp³-hybridized carbons (Fsp3) is 0.143. The molecule has 0 N–H and O–H groups in total. The first-order valence-electron chi connectivity index (χ1n) is 5.57. The van der Waals surface area contributed by atoms with Gasteiger partial charge in [-0.1, -0.05) is 24.3 Å². The van der Waals surface area contributed by atoms with E-state index in [4.69, 9.17) is 0 Å². The molecular weight excluding hydrogens is 220 g/mol. The summed E-state index contributed by atoms with van der Waals surface area (Å²) in [5.74, 6) is -1.57. The van der Waals surface area contributed by atoms with E-state index in [9.17, 15) is 8.78 Å². The molecule has 2 aromatic rings. The van der Waals surface area contributed by atoms with Gasteiger partial charge in [0.2, 0.25) is 0 Å². The van der Waals surface area contributed by atoms with Crippen molar-refractivity contribution in [3.63, 3.8) is 0 Å². The highest BCUT2D eigenvalue weighted by Crippen LogP contribution is 2.35. The Hall–Kier alpha value is -1.90. The Bertz CT molecular complexity index is 566. The van der Waals surface area contributed by atoms with Crippen molar-refractivity contribution in [3.8, 4) is 0 Å². The lowest BCUT2D eigenvalue weighted by Gasteiger charge is -2.20. The van der Waals surface area contributed by atoms with E-state index in [-0.39, 0.29) is 0 Å². The molecule has 0 atom stereocenters. The molecule has 0 fully saturated rings. The van der Waals surface area contributed by atoms with Gasteiger partial charge in [-0.05, 0) is 30.2 Å². The van der Waals surface area contributed by atoms with Crippen molar-refractivity contribution in [1.82, 2.24) is 0 Å². The maximum absolute atomic E-state index is 13.7. The fourth-order valence-corrected chi connectivity index (χ4v) is 2.29. The molecule has 0 aromatic heterocycles. The SMILES string of the molecule is Fc1cccc(N2CCc3ccccc32)c1F. The van der Waals surface area contributed by atoms with Gasteiger partial charge in [-0.15, -0.1) is 0 Å². The summed E-state index contributed by atoms with van der Waals surface area (Å²) in [6.07, 6.45) is 0.867. The molecule has 0 spiro atoms. The molecule has 3 rings (SSSR count). The molecule has 0 aliphatic carbocycles. The molecule has 0 amide bonds. The first kappa shape index (κ1) is 10.3. The molecular formula is C14H11F2N. The Labute approximate surface area is 98.3 Å². The Morgan fingerprint density at radius 3 is 2.53 bits per heavy atom. The number of rotatable bonds is 1. The molecule has 1 aliphatic heterocycles. The molecule has 0 unspecified atom stereocenters. The number of nitrogens with zero attached hydrogens (tertiary/aromatic N) is 1. The molecule has 3 heteroatoms. The van der Waals surface area contributed by atoms with Crippen LogP contribution in [0.3, 0.4) is 0 Å². The summed E-state index contributed by atoms with van der Waals surface area (Å²) < 4.78 is 26.9. The van der Waals surface area contributed by atoms with Crippen molar-refractivity contribution >= 4 is 11.4 Å². The third-order valence-electron chi connectivity index (χ3n) is 3.11. The summed E-state index contributed by atoms with van der Waals surface area (Å²) >= 11 is 0. The normalized spacial score (nSPS) is 13.9. The topological polar surface area (TPSA) is 3.24 Å². The highest BCUT2D eigenvalue weighted by atomic mass is 19.2. The van der Waals surface area contributed by atoms with Crippen LogP contribution < -0.4 is 4.90 Å². The summed E-state index contributed by atoms with van der Waals surface area (Å²) in [6.45, 7) is 0.694. The Kier molecular flexibility index (Phi) is 2.32. The van der Waals surface area contributed by atoms with Crippen LogP contribution >= 0.6 is 0 Å². The summed E-state index contributed by atoms with van der Waals surface area (Å²) in [4.78, 5) is 1.83. The van der Waals surface area contributed by atoms with E-state index in [0.717, 1.165) is 18.2 Å². The standard InChI is InChI=1S/C14H11F2N/c15-11-5-3-7-13(14(11)16)17-9-8-10-4-1-2-6-12(10)17/h1-7H,8-9H2. The van der Waals surface area contributed by atoms with Gasteiger partial charge >= 0.3 is 0 Å². The molecule has 2 aromatic carbocycles. The maximum Gasteiger partial charge on any atom is 0.182 e. The van der Waals surface area contributed by atoms with Gasteiger partial charge in [0, 0.05) is 12.2 Å². The van der Waals surface area contributed by atoms with Crippen LogP contribution in [0.2, 0.25) is 0 Å². The van der Waals surface area contributed by atoms with Gasteiger partial charge in [-0.2, -0.15) is 0 Å². The number of para-hydroxylation sites is 1. The van der Waals surface area contributed by atoms with Crippen molar-refractivity contribution in [2.45, 2.75) is 6.42 Å². The van der Waals surface area contributed by atoms with E-state index < -0.39 is 11.6 Å². The van der Waals surface area contributed by atoms with Gasteiger partial charge in [-0.3, -0.25) is 0 Å². The van der Waals surface area contributed by atoms with Crippen LogP contribution in [0.25, 0.3) is 0 Å². The smallest absolute Gasteiger partial charge is 0.182 e. The summed E-state index contributed by atoms with van der Waals surface area (Å²) in [7, 11) is 0. The average molecular weight is 231 g/mol. The van der Waals surface area contributed by atoms with Crippen LogP contribution in [0.1, 0.15) is 5.56 Å². The molecule has 0 radical (unpaired) electrons. The predicted molar refractivity (Wildman–Crippen MR) is 63.5 cm³/mol. The zero-order valence-electron chi connectivity index (χ0n) is 9.16. The predicted octanol–water partition coefficient (Wildman–Crippen LogP) is 3.66. The fourth-order valence-electron chi connectivity index (χ4n) is 2.29. The third-order valence-corrected chi connectivity index (χ3v) is 3.11. The van der Waals surface area contributed by atoms with Crippen LogP contribution in [0.5, 0.6) is 0 Å². The average Bonchev–Trinajstić information content (AvgIpc) is 2.77. The lowest BCUT2D eigenvalue weighted by atomic mass is 10.2. The Morgan fingerprint density at radius 2 is 1.65 bits per heavy atom. The van der Waals surface area contributed by atoms with E-state index in [0.29, 0.717) is 12.2 Å². The molecule has 86 valence electrons. The minimum Gasteiger partial charge on any atom is -0.338 e. The molecule has 0 bridgehead atoms. The third kappa shape index (κ3) is 1.58. The maximum atomic E-state index is 13.7. The second-order valence-corrected chi connectivity index (χ2v) is 4.10. The minimum absolute atomic E-state index is 0.315. The first-order valence-corrected chi connectivity index (χ1v) is 5.57. The van der Waals surface area contributed by atoms with Gasteiger partial charge < -0.3 is 4.90 Å². The van der Waals surface area contributed by atoms with Crippen molar-refractivity contribution in [2.75, 3.05) is 11.4 Å². The summed E-state index contributed by atoms with van der Waals surface area (Å²) in [6, 6.07) is 12.1. The van der Waals surface area contributed by atoms with Crippen LogP contribution in [-0.2, 0) is 6.42 Å². The molecule has 0 saturated carbocycles. The molecule has 1 heterocycles. The van der Waals surface area contributed by atoms with E-state index >= 15 is 0 Å². The number of halogens is 2. The van der Waals surface area contributed by atoms with E-state index in [1.54, 1.807) is 6.07 Å². The zero-order chi connectivity index (χ0) is 11.8. The van der Waals surface area contributed by atoms with Crippen molar-refractivity contribution < 1.29 is 8.78 Å². The number of benzene rings is 2. The van der Waals surface area contributed by atoms with E-state index in [1.807, 2.05) is 29.2 Å². The largest absolute Gasteiger partial charge is 0.338 e. The monoisotopic (exact) mass is 231 g/mol. The number of fused-ring (bicyclic) bond motifs is 1. The quantitative estimate of drug-likeness (QED) is 0.724. The zero-order valence-corrected chi connectivity index (χ0v) is 9.16. The van der Waals surface area contributed by atoms with Gasteiger partial charge in [0.1, 0.15) is 0 Å².